The van der Waals surface area contributed by atoms with Gasteiger partial charge in [0.05, 0.1) is 9.90 Å². The first-order valence-corrected chi connectivity index (χ1v) is 3.93. The van der Waals surface area contributed by atoms with Crippen molar-refractivity contribution in [2.24, 2.45) is 0 Å². The van der Waals surface area contributed by atoms with Crippen LogP contribution in [0.3, 0.4) is 0 Å². The van der Waals surface area contributed by atoms with Gasteiger partial charge < -0.3 is 5.73 Å². The van der Waals surface area contributed by atoms with Crippen LogP contribution in [0.15, 0.2) is 15.7 Å². The Morgan fingerprint density at radius 2 is 2.56 bits per heavy atom. The summed E-state index contributed by atoms with van der Waals surface area (Å²) in [5.41, 5.74) is 6.17. The lowest BCUT2D eigenvalue weighted by molar-refractivity contribution is 1.56. The highest BCUT2D eigenvalue weighted by atomic mass is 32.2. The van der Waals surface area contributed by atoms with Crippen molar-refractivity contribution in [3.05, 3.63) is 11.4 Å². The summed E-state index contributed by atoms with van der Waals surface area (Å²) >= 11 is 2.60. The highest BCUT2D eigenvalue weighted by Crippen LogP contribution is 2.29. The molecule has 46 valence electrons. The summed E-state index contributed by atoms with van der Waals surface area (Å²) in [4.78, 5) is 0. The van der Waals surface area contributed by atoms with Gasteiger partial charge in [-0.05, 0) is 11.4 Å². The lowest BCUT2D eigenvalue weighted by Crippen LogP contribution is -1.79. The summed E-state index contributed by atoms with van der Waals surface area (Å²) in [6.07, 6.45) is 0. The number of thiophene rings is 1. The summed E-state index contributed by atoms with van der Waals surface area (Å²) in [5, 5.41) is 12.1. The molecular weight excluding hydrogens is 152 g/mol. The van der Waals surface area contributed by atoms with E-state index in [0.717, 1.165) is 16.0 Å². The number of nitriles is 1. The fourth-order valence-electron chi connectivity index (χ4n) is 0.430. The van der Waals surface area contributed by atoms with Crippen LogP contribution >= 0.6 is 23.1 Å². The van der Waals surface area contributed by atoms with E-state index < -0.39 is 0 Å². The molecule has 0 radical (unpaired) electrons. The molecule has 0 atom stereocenters. The van der Waals surface area contributed by atoms with Gasteiger partial charge in [0.25, 0.3) is 0 Å². The molecule has 0 aromatic carbocycles. The Kier molecular flexibility index (Phi) is 1.98. The van der Waals surface area contributed by atoms with Gasteiger partial charge in [0.1, 0.15) is 5.40 Å². The van der Waals surface area contributed by atoms with Crippen LogP contribution in [0.5, 0.6) is 0 Å². The molecule has 0 saturated heterocycles. The molecular formula is C5H4N2S2. The molecule has 1 aromatic heterocycles. The molecule has 0 unspecified atom stereocenters. The second-order valence-electron chi connectivity index (χ2n) is 1.36. The number of hydrogen-bond donors (Lipinski definition) is 1. The van der Waals surface area contributed by atoms with E-state index in [9.17, 15) is 0 Å². The minimum atomic E-state index is 0.701. The zero-order chi connectivity index (χ0) is 6.69. The fourth-order valence-corrected chi connectivity index (χ4v) is 1.71. The van der Waals surface area contributed by atoms with Crippen molar-refractivity contribution in [3.8, 4) is 5.40 Å². The smallest absolute Gasteiger partial charge is 0.139 e. The maximum atomic E-state index is 8.23. The zero-order valence-electron chi connectivity index (χ0n) is 4.50. The molecule has 0 aliphatic heterocycles. The number of anilines is 1. The molecule has 0 aliphatic rings. The number of nitrogens with zero attached hydrogens (tertiary/aromatic N) is 1. The molecule has 1 aromatic rings. The van der Waals surface area contributed by atoms with Crippen molar-refractivity contribution in [1.82, 2.24) is 0 Å². The number of thiocyanates is 1. The van der Waals surface area contributed by atoms with Crippen LogP contribution in [-0.2, 0) is 0 Å². The average molecular weight is 156 g/mol. The third-order valence-corrected chi connectivity index (χ3v) is 2.57. The first-order chi connectivity index (χ1) is 4.34. The molecule has 2 nitrogen and oxygen atoms in total. The second kappa shape index (κ2) is 2.76. The van der Waals surface area contributed by atoms with E-state index in [1.54, 1.807) is 6.07 Å². The fraction of sp³-hybridized carbons (Fsp3) is 0. The van der Waals surface area contributed by atoms with Crippen LogP contribution in [-0.4, -0.2) is 0 Å². The van der Waals surface area contributed by atoms with Crippen molar-refractivity contribution < 1.29 is 0 Å². The molecule has 0 saturated carbocycles. The molecule has 0 fully saturated rings. The van der Waals surface area contributed by atoms with Gasteiger partial charge in [-0.15, -0.1) is 11.3 Å². The van der Waals surface area contributed by atoms with Gasteiger partial charge in [-0.25, -0.2) is 0 Å². The molecule has 0 amide bonds. The summed E-state index contributed by atoms with van der Waals surface area (Å²) in [5.74, 6) is 0. The number of nitrogen functional groups attached to an aromatic ring is 1. The summed E-state index contributed by atoms with van der Waals surface area (Å²) < 4.78 is 0.887. The topological polar surface area (TPSA) is 49.8 Å². The van der Waals surface area contributed by atoms with Crippen molar-refractivity contribution in [2.45, 2.75) is 4.21 Å². The van der Waals surface area contributed by atoms with Crippen molar-refractivity contribution in [3.63, 3.8) is 0 Å². The predicted molar refractivity (Wildman–Crippen MR) is 40.2 cm³/mol. The van der Waals surface area contributed by atoms with E-state index in [0.29, 0.717) is 5.69 Å². The Morgan fingerprint density at radius 3 is 3.00 bits per heavy atom. The SMILES string of the molecule is N#CSc1sccc1N. The summed E-state index contributed by atoms with van der Waals surface area (Å²) in [7, 11) is 0. The maximum absolute atomic E-state index is 8.23. The molecule has 9 heavy (non-hydrogen) atoms. The Bertz CT molecular complexity index is 235. The van der Waals surface area contributed by atoms with Crippen molar-refractivity contribution in [1.29, 1.82) is 5.26 Å². The van der Waals surface area contributed by atoms with Crippen LogP contribution in [0.4, 0.5) is 5.69 Å². The van der Waals surface area contributed by atoms with Gasteiger partial charge in [-0.1, -0.05) is 0 Å². The molecule has 1 rings (SSSR count). The van der Waals surface area contributed by atoms with Crippen LogP contribution in [0.25, 0.3) is 0 Å². The van der Waals surface area contributed by atoms with E-state index in [1.807, 2.05) is 10.8 Å². The van der Waals surface area contributed by atoms with Crippen LogP contribution in [0, 0.1) is 10.7 Å². The Morgan fingerprint density at radius 1 is 1.78 bits per heavy atom. The molecule has 1 heterocycles. The number of thioether (sulfide) groups is 1. The third kappa shape index (κ3) is 1.37. The van der Waals surface area contributed by atoms with E-state index in [1.165, 1.54) is 11.3 Å². The highest BCUT2D eigenvalue weighted by Gasteiger charge is 1.97. The number of rotatable bonds is 1. The first kappa shape index (κ1) is 6.46. The Hall–Kier alpha value is -0.660. The van der Waals surface area contributed by atoms with Crippen molar-refractivity contribution in [2.75, 3.05) is 5.73 Å². The lowest BCUT2D eigenvalue weighted by Gasteiger charge is -1.85. The lowest BCUT2D eigenvalue weighted by atomic mass is 10.6. The monoisotopic (exact) mass is 156 g/mol. The van der Waals surface area contributed by atoms with Crippen LogP contribution in [0.2, 0.25) is 0 Å². The van der Waals surface area contributed by atoms with E-state index in [4.69, 9.17) is 11.0 Å². The summed E-state index contributed by atoms with van der Waals surface area (Å²) in [6.45, 7) is 0. The highest BCUT2D eigenvalue weighted by molar-refractivity contribution is 8.05. The predicted octanol–water partition coefficient (Wildman–Crippen LogP) is 1.90. The molecule has 0 bridgehead atoms. The number of nitrogens with two attached hydrogens (primary N) is 1. The van der Waals surface area contributed by atoms with Gasteiger partial charge in [-0.3, -0.25) is 0 Å². The zero-order valence-corrected chi connectivity index (χ0v) is 6.13. The van der Waals surface area contributed by atoms with Gasteiger partial charge in [-0.2, -0.15) is 5.26 Å². The maximum Gasteiger partial charge on any atom is 0.139 e. The van der Waals surface area contributed by atoms with Crippen molar-refractivity contribution >= 4 is 28.8 Å². The number of hydrogen-bond acceptors (Lipinski definition) is 4. The van der Waals surface area contributed by atoms with E-state index >= 15 is 0 Å². The third-order valence-electron chi connectivity index (χ3n) is 0.797. The van der Waals surface area contributed by atoms with Gasteiger partial charge in [0, 0.05) is 11.8 Å². The van der Waals surface area contributed by atoms with Crippen LogP contribution in [0.1, 0.15) is 0 Å². The Balaban J connectivity index is 2.84. The average Bonchev–Trinajstić information content (AvgIpc) is 2.18. The van der Waals surface area contributed by atoms with Gasteiger partial charge in [0.15, 0.2) is 0 Å². The van der Waals surface area contributed by atoms with Crippen LogP contribution < -0.4 is 5.73 Å². The minimum Gasteiger partial charge on any atom is -0.397 e. The second-order valence-corrected chi connectivity index (χ2v) is 3.33. The normalized spacial score (nSPS) is 8.78. The standard InChI is InChI=1S/C5H4N2S2/c6-3-9-5-4(7)1-2-8-5/h1-2H,7H2. The molecule has 2 N–H and O–H groups in total. The van der Waals surface area contributed by atoms with E-state index in [-0.39, 0.29) is 0 Å². The minimum absolute atomic E-state index is 0.701. The largest absolute Gasteiger partial charge is 0.397 e. The van der Waals surface area contributed by atoms with Gasteiger partial charge >= 0.3 is 0 Å². The molecule has 4 heteroatoms. The molecule has 0 spiro atoms. The quantitative estimate of drug-likeness (QED) is 0.499. The summed E-state index contributed by atoms with van der Waals surface area (Å²) in [6, 6.07) is 1.80. The Labute approximate surface area is 61.3 Å². The first-order valence-electron chi connectivity index (χ1n) is 2.23. The molecule has 0 aliphatic carbocycles. The van der Waals surface area contributed by atoms with Gasteiger partial charge in [0.2, 0.25) is 0 Å². The van der Waals surface area contributed by atoms with E-state index in [2.05, 4.69) is 0 Å².